The number of rotatable bonds is 10. The first-order valence-corrected chi connectivity index (χ1v) is 9.97. The lowest BCUT2D eigenvalue weighted by Crippen LogP contribution is -2.49. The maximum atomic E-state index is 6.25. The van der Waals surface area contributed by atoms with E-state index >= 15 is 0 Å². The van der Waals surface area contributed by atoms with Crippen LogP contribution in [0.2, 0.25) is 0 Å². The van der Waals surface area contributed by atoms with Gasteiger partial charge in [0.1, 0.15) is 6.10 Å². The van der Waals surface area contributed by atoms with E-state index in [0.29, 0.717) is 25.7 Å². The van der Waals surface area contributed by atoms with E-state index in [1.54, 1.807) is 0 Å². The van der Waals surface area contributed by atoms with Gasteiger partial charge in [0.25, 0.3) is 0 Å². The third kappa shape index (κ3) is 6.01. The summed E-state index contributed by atoms with van der Waals surface area (Å²) < 4.78 is 14.5. The maximum absolute atomic E-state index is 6.25. The Morgan fingerprint density at radius 1 is 0.714 bits per heavy atom. The third-order valence-corrected chi connectivity index (χ3v) is 4.99. The van der Waals surface area contributed by atoms with Crippen molar-refractivity contribution in [2.45, 2.75) is 39.2 Å². The Morgan fingerprint density at radius 2 is 1.25 bits per heavy atom. The fourth-order valence-electron chi connectivity index (χ4n) is 3.55. The first kappa shape index (κ1) is 20.2. The van der Waals surface area contributed by atoms with Crippen LogP contribution in [0.5, 0.6) is 0 Å². The summed E-state index contributed by atoms with van der Waals surface area (Å²) in [5, 5.41) is 0. The van der Waals surface area contributed by atoms with Gasteiger partial charge in [0, 0.05) is 18.1 Å². The van der Waals surface area contributed by atoms with Crippen LogP contribution in [0, 0.1) is 5.92 Å². The summed E-state index contributed by atoms with van der Waals surface area (Å²) in [7, 11) is 0. The zero-order chi connectivity index (χ0) is 19.6. The first-order chi connectivity index (χ1) is 13.7. The monoisotopic (exact) mass is 376 g/mol. The minimum atomic E-state index is 0.0583. The SMILES string of the molecule is C[C@H](COCc1ccccc1)[C@H]([C@@H](C)OCc1ccccc1)[n+]1ccccc1. The highest BCUT2D eigenvalue weighted by atomic mass is 16.5. The van der Waals surface area contributed by atoms with Gasteiger partial charge in [-0.25, -0.2) is 0 Å². The standard InChI is InChI=1S/C25H30NO2/c1-21(18-27-19-23-12-6-3-7-13-23)25(26-16-10-5-11-17-26)22(2)28-20-24-14-8-4-9-15-24/h3-17,21-22,25H,18-20H2,1-2H3/q+1/t21-,22-,25-/m1/s1. The highest BCUT2D eigenvalue weighted by Gasteiger charge is 2.32. The molecule has 0 amide bonds. The van der Waals surface area contributed by atoms with Crippen molar-refractivity contribution in [2.75, 3.05) is 6.61 Å². The molecule has 3 aromatic rings. The Kier molecular flexibility index (Phi) is 7.77. The van der Waals surface area contributed by atoms with E-state index in [9.17, 15) is 0 Å². The van der Waals surface area contributed by atoms with Crippen LogP contribution >= 0.6 is 0 Å². The minimum absolute atomic E-state index is 0.0583. The van der Waals surface area contributed by atoms with Crippen molar-refractivity contribution in [3.8, 4) is 0 Å². The molecular weight excluding hydrogens is 346 g/mol. The summed E-state index contributed by atoms with van der Waals surface area (Å²) in [6.45, 7) is 6.32. The Balaban J connectivity index is 1.62. The van der Waals surface area contributed by atoms with Crippen LogP contribution < -0.4 is 4.57 Å². The van der Waals surface area contributed by atoms with Crippen molar-refractivity contribution >= 4 is 0 Å². The summed E-state index contributed by atoms with van der Waals surface area (Å²) in [6.07, 6.45) is 4.28. The second kappa shape index (κ2) is 10.7. The minimum Gasteiger partial charge on any atom is -0.376 e. The van der Waals surface area contributed by atoms with E-state index in [2.05, 4.69) is 67.2 Å². The van der Waals surface area contributed by atoms with E-state index in [4.69, 9.17) is 9.47 Å². The maximum Gasteiger partial charge on any atom is 0.188 e. The summed E-state index contributed by atoms with van der Waals surface area (Å²) in [5.41, 5.74) is 2.39. The predicted molar refractivity (Wildman–Crippen MR) is 112 cm³/mol. The average molecular weight is 377 g/mol. The van der Waals surface area contributed by atoms with E-state index in [1.165, 1.54) is 11.1 Å². The molecule has 28 heavy (non-hydrogen) atoms. The molecule has 0 spiro atoms. The molecule has 3 nitrogen and oxygen atoms in total. The molecule has 3 atom stereocenters. The van der Waals surface area contributed by atoms with Crippen LogP contribution in [-0.2, 0) is 22.7 Å². The Morgan fingerprint density at radius 3 is 1.86 bits per heavy atom. The Bertz CT molecular complexity index is 793. The van der Waals surface area contributed by atoms with Crippen LogP contribution in [-0.4, -0.2) is 12.7 Å². The summed E-state index contributed by atoms with van der Waals surface area (Å²) in [4.78, 5) is 0. The second-order valence-electron chi connectivity index (χ2n) is 7.29. The first-order valence-electron chi connectivity index (χ1n) is 9.97. The van der Waals surface area contributed by atoms with Crippen molar-refractivity contribution in [3.05, 3.63) is 102 Å². The quantitative estimate of drug-likeness (QED) is 0.466. The molecule has 0 N–H and O–H groups in total. The van der Waals surface area contributed by atoms with Gasteiger partial charge in [-0.2, -0.15) is 4.57 Å². The summed E-state index contributed by atoms with van der Waals surface area (Å²) >= 11 is 0. The number of nitrogens with zero attached hydrogens (tertiary/aromatic N) is 1. The van der Waals surface area contributed by atoms with Crippen LogP contribution in [0.4, 0.5) is 0 Å². The largest absolute Gasteiger partial charge is 0.376 e. The highest BCUT2D eigenvalue weighted by molar-refractivity contribution is 5.14. The lowest BCUT2D eigenvalue weighted by atomic mass is 9.97. The smallest absolute Gasteiger partial charge is 0.188 e. The Hall–Kier alpha value is -2.49. The molecule has 3 rings (SSSR count). The molecule has 0 radical (unpaired) electrons. The van der Waals surface area contributed by atoms with E-state index in [0.717, 1.165) is 0 Å². The topological polar surface area (TPSA) is 22.3 Å². The fourth-order valence-corrected chi connectivity index (χ4v) is 3.55. The predicted octanol–water partition coefficient (Wildman–Crippen LogP) is 4.97. The van der Waals surface area contributed by atoms with E-state index in [-0.39, 0.29) is 12.1 Å². The Labute approximate surface area is 168 Å². The van der Waals surface area contributed by atoms with Gasteiger partial charge in [-0.3, -0.25) is 0 Å². The molecule has 2 aromatic carbocycles. The van der Waals surface area contributed by atoms with Crippen molar-refractivity contribution in [1.82, 2.24) is 0 Å². The second-order valence-corrected chi connectivity index (χ2v) is 7.29. The van der Waals surface area contributed by atoms with Gasteiger partial charge < -0.3 is 9.47 Å². The normalized spacial score (nSPS) is 14.4. The molecule has 0 aliphatic carbocycles. The molecule has 1 heterocycles. The van der Waals surface area contributed by atoms with E-state index < -0.39 is 0 Å². The lowest BCUT2D eigenvalue weighted by molar-refractivity contribution is -0.737. The number of ether oxygens (including phenoxy) is 2. The molecule has 0 unspecified atom stereocenters. The lowest BCUT2D eigenvalue weighted by Gasteiger charge is -2.25. The van der Waals surface area contributed by atoms with Gasteiger partial charge in [0.15, 0.2) is 18.4 Å². The van der Waals surface area contributed by atoms with Crippen LogP contribution in [0.15, 0.2) is 91.3 Å². The van der Waals surface area contributed by atoms with Gasteiger partial charge >= 0.3 is 0 Å². The number of aromatic nitrogens is 1. The van der Waals surface area contributed by atoms with Crippen molar-refractivity contribution in [3.63, 3.8) is 0 Å². The molecule has 0 saturated carbocycles. The van der Waals surface area contributed by atoms with Gasteiger partial charge in [0.2, 0.25) is 0 Å². The van der Waals surface area contributed by atoms with Gasteiger partial charge in [0.05, 0.1) is 19.8 Å². The van der Waals surface area contributed by atoms with Crippen molar-refractivity contribution in [2.24, 2.45) is 5.92 Å². The zero-order valence-corrected chi connectivity index (χ0v) is 16.8. The average Bonchev–Trinajstić information content (AvgIpc) is 2.75. The van der Waals surface area contributed by atoms with Crippen LogP contribution in [0.3, 0.4) is 0 Å². The van der Waals surface area contributed by atoms with Crippen LogP contribution in [0.25, 0.3) is 0 Å². The summed E-state index contributed by atoms with van der Waals surface area (Å²) in [5.74, 6) is 0.307. The molecule has 0 aliphatic rings. The molecule has 0 saturated heterocycles. The van der Waals surface area contributed by atoms with Gasteiger partial charge in [-0.05, 0) is 18.1 Å². The molecule has 1 aromatic heterocycles. The van der Waals surface area contributed by atoms with Crippen LogP contribution in [0.1, 0.15) is 31.0 Å². The zero-order valence-electron chi connectivity index (χ0n) is 16.8. The molecular formula is C25H30NO2+. The van der Waals surface area contributed by atoms with Crippen molar-refractivity contribution in [1.29, 1.82) is 0 Å². The fraction of sp³-hybridized carbons (Fsp3) is 0.320. The number of hydrogen-bond acceptors (Lipinski definition) is 2. The highest BCUT2D eigenvalue weighted by Crippen LogP contribution is 2.21. The molecule has 0 aliphatic heterocycles. The number of hydrogen-bond donors (Lipinski definition) is 0. The number of pyridine rings is 1. The molecule has 146 valence electrons. The van der Waals surface area contributed by atoms with E-state index in [1.807, 2.05) is 42.5 Å². The molecule has 0 fully saturated rings. The number of benzene rings is 2. The van der Waals surface area contributed by atoms with Crippen molar-refractivity contribution < 1.29 is 14.0 Å². The molecule has 3 heteroatoms. The summed E-state index contributed by atoms with van der Waals surface area (Å²) in [6, 6.07) is 27.0. The van der Waals surface area contributed by atoms with Gasteiger partial charge in [-0.15, -0.1) is 0 Å². The molecule has 0 bridgehead atoms. The van der Waals surface area contributed by atoms with Gasteiger partial charge in [-0.1, -0.05) is 73.7 Å². The third-order valence-electron chi connectivity index (χ3n) is 4.99.